The zero-order valence-electron chi connectivity index (χ0n) is 12.1. The van der Waals surface area contributed by atoms with Crippen molar-refractivity contribution in [1.82, 2.24) is 4.98 Å². The van der Waals surface area contributed by atoms with Gasteiger partial charge in [0.05, 0.1) is 24.4 Å². The Labute approximate surface area is 127 Å². The van der Waals surface area contributed by atoms with Crippen LogP contribution in [0.25, 0.3) is 11.1 Å². The van der Waals surface area contributed by atoms with Gasteiger partial charge in [-0.25, -0.2) is 9.78 Å². The number of esters is 1. The molecule has 1 aliphatic rings. The minimum atomic E-state index is -0.339. The third kappa shape index (κ3) is 2.76. The minimum Gasteiger partial charge on any atom is -0.462 e. The molecule has 2 heterocycles. The zero-order chi connectivity index (χ0) is 15.5. The van der Waals surface area contributed by atoms with E-state index in [2.05, 4.69) is 15.6 Å². The molecule has 2 aromatic rings. The molecule has 112 valence electrons. The molecule has 0 unspecified atom stereocenters. The molecule has 6 heteroatoms. The molecule has 6 nitrogen and oxygen atoms in total. The third-order valence-corrected chi connectivity index (χ3v) is 3.31. The molecule has 1 amide bonds. The maximum atomic E-state index is 11.6. The van der Waals surface area contributed by atoms with Crippen molar-refractivity contribution in [3.63, 3.8) is 0 Å². The number of anilines is 2. The molecule has 0 aliphatic carbocycles. The highest BCUT2D eigenvalue weighted by molar-refractivity contribution is 6.00. The number of hydrogen-bond donors (Lipinski definition) is 2. The van der Waals surface area contributed by atoms with Gasteiger partial charge in [-0.2, -0.15) is 0 Å². The zero-order valence-corrected chi connectivity index (χ0v) is 12.1. The molecule has 22 heavy (non-hydrogen) atoms. The summed E-state index contributed by atoms with van der Waals surface area (Å²) in [5.74, 6) is 0.227. The second kappa shape index (κ2) is 5.85. The maximum absolute atomic E-state index is 11.6. The van der Waals surface area contributed by atoms with Crippen LogP contribution in [0.1, 0.15) is 17.3 Å². The molecular weight excluding hydrogens is 282 g/mol. The number of carbonyl (C=O) groups excluding carboxylic acids is 2. The molecule has 0 saturated carbocycles. The highest BCUT2D eigenvalue weighted by atomic mass is 16.5. The third-order valence-electron chi connectivity index (χ3n) is 3.31. The summed E-state index contributed by atoms with van der Waals surface area (Å²) < 4.78 is 4.95. The van der Waals surface area contributed by atoms with Gasteiger partial charge in [0, 0.05) is 11.8 Å². The number of nitrogens with one attached hydrogen (secondary N) is 2. The number of carbonyl (C=O) groups is 2. The Hall–Kier alpha value is -2.89. The molecule has 0 bridgehead atoms. The summed E-state index contributed by atoms with van der Waals surface area (Å²) in [5, 5.41) is 5.72. The maximum Gasteiger partial charge on any atom is 0.338 e. The monoisotopic (exact) mass is 297 g/mol. The number of aromatic nitrogens is 1. The van der Waals surface area contributed by atoms with Crippen LogP contribution in [0, 0.1) is 0 Å². The fourth-order valence-corrected chi connectivity index (χ4v) is 2.23. The van der Waals surface area contributed by atoms with E-state index in [1.807, 2.05) is 18.2 Å². The fraction of sp³-hybridized carbons (Fsp3) is 0.188. The number of amides is 1. The molecule has 1 aromatic heterocycles. The number of hydrogen-bond acceptors (Lipinski definition) is 5. The Bertz CT molecular complexity index is 726. The van der Waals surface area contributed by atoms with Gasteiger partial charge in [-0.1, -0.05) is 12.1 Å². The van der Waals surface area contributed by atoms with E-state index >= 15 is 0 Å². The van der Waals surface area contributed by atoms with Gasteiger partial charge in [0.2, 0.25) is 5.91 Å². The van der Waals surface area contributed by atoms with E-state index in [9.17, 15) is 9.59 Å². The molecule has 0 spiro atoms. The van der Waals surface area contributed by atoms with Crippen molar-refractivity contribution in [2.45, 2.75) is 6.92 Å². The molecule has 2 N–H and O–H groups in total. The Morgan fingerprint density at radius 1 is 1.27 bits per heavy atom. The molecule has 0 radical (unpaired) electrons. The Morgan fingerprint density at radius 3 is 2.77 bits per heavy atom. The number of pyridine rings is 1. The largest absolute Gasteiger partial charge is 0.462 e. The lowest BCUT2D eigenvalue weighted by Crippen LogP contribution is -2.27. The van der Waals surface area contributed by atoms with Crippen molar-refractivity contribution in [2.24, 2.45) is 0 Å². The van der Waals surface area contributed by atoms with Crippen LogP contribution in [0.5, 0.6) is 0 Å². The highest BCUT2D eigenvalue weighted by Crippen LogP contribution is 2.28. The number of ether oxygens (including phenoxy) is 1. The van der Waals surface area contributed by atoms with Crippen molar-refractivity contribution in [3.8, 4) is 11.1 Å². The summed E-state index contributed by atoms with van der Waals surface area (Å²) in [7, 11) is 0. The van der Waals surface area contributed by atoms with Gasteiger partial charge >= 0.3 is 5.97 Å². The first-order valence-electron chi connectivity index (χ1n) is 6.98. The topological polar surface area (TPSA) is 80.3 Å². The highest BCUT2D eigenvalue weighted by Gasteiger charge is 2.16. The van der Waals surface area contributed by atoms with Gasteiger partial charge in [0.25, 0.3) is 0 Å². The van der Waals surface area contributed by atoms with Crippen molar-refractivity contribution >= 4 is 23.4 Å². The lowest BCUT2D eigenvalue weighted by Gasteiger charge is -2.18. The quantitative estimate of drug-likeness (QED) is 0.850. The van der Waals surface area contributed by atoms with E-state index in [4.69, 9.17) is 4.74 Å². The molecule has 3 rings (SSSR count). The van der Waals surface area contributed by atoms with E-state index in [1.165, 1.54) is 0 Å². The second-order valence-electron chi connectivity index (χ2n) is 4.82. The Kier molecular flexibility index (Phi) is 3.74. The molecule has 1 aromatic carbocycles. The van der Waals surface area contributed by atoms with Crippen LogP contribution in [-0.2, 0) is 9.53 Å². The first kappa shape index (κ1) is 14.1. The summed E-state index contributed by atoms with van der Waals surface area (Å²) in [4.78, 5) is 27.3. The van der Waals surface area contributed by atoms with E-state index in [-0.39, 0.29) is 18.4 Å². The van der Waals surface area contributed by atoms with Crippen LogP contribution in [0.2, 0.25) is 0 Å². The molecule has 0 fully saturated rings. The summed E-state index contributed by atoms with van der Waals surface area (Å²) in [6, 6.07) is 8.93. The lowest BCUT2D eigenvalue weighted by molar-refractivity contribution is -0.114. The van der Waals surface area contributed by atoms with Crippen LogP contribution in [0.4, 0.5) is 11.5 Å². The Morgan fingerprint density at radius 2 is 2.05 bits per heavy atom. The minimum absolute atomic E-state index is 0.0934. The fourth-order valence-electron chi connectivity index (χ4n) is 2.23. The van der Waals surface area contributed by atoms with Gasteiger partial charge in [0.15, 0.2) is 0 Å². The van der Waals surface area contributed by atoms with E-state index in [0.29, 0.717) is 23.7 Å². The number of nitrogens with zero attached hydrogens (tertiary/aromatic N) is 1. The van der Waals surface area contributed by atoms with Gasteiger partial charge in [-0.15, -0.1) is 0 Å². The number of rotatable bonds is 3. The molecule has 0 atom stereocenters. The predicted molar refractivity (Wildman–Crippen MR) is 82.7 cm³/mol. The van der Waals surface area contributed by atoms with Crippen LogP contribution in [0.3, 0.4) is 0 Å². The lowest BCUT2D eigenvalue weighted by atomic mass is 10.0. The average Bonchev–Trinajstić information content (AvgIpc) is 2.54. The summed E-state index contributed by atoms with van der Waals surface area (Å²) in [6.07, 6.45) is 1.72. The van der Waals surface area contributed by atoms with Gasteiger partial charge < -0.3 is 15.4 Å². The van der Waals surface area contributed by atoms with Crippen molar-refractivity contribution in [2.75, 3.05) is 23.8 Å². The summed E-state index contributed by atoms with van der Waals surface area (Å²) in [5.41, 5.74) is 2.93. The predicted octanol–water partition coefficient (Wildman–Crippen LogP) is 2.29. The van der Waals surface area contributed by atoms with E-state index < -0.39 is 0 Å². The van der Waals surface area contributed by atoms with Crippen LogP contribution < -0.4 is 10.6 Å². The van der Waals surface area contributed by atoms with Crippen molar-refractivity contribution in [1.29, 1.82) is 0 Å². The van der Waals surface area contributed by atoms with Crippen LogP contribution in [-0.4, -0.2) is 30.0 Å². The summed E-state index contributed by atoms with van der Waals surface area (Å²) in [6.45, 7) is 2.35. The first-order valence-corrected chi connectivity index (χ1v) is 6.98. The SMILES string of the molecule is CCOC(=O)c1ccc(-c2cnc3c(c2)NC(=O)CN3)cc1. The van der Waals surface area contributed by atoms with E-state index in [1.54, 1.807) is 25.3 Å². The molecule has 0 saturated heterocycles. The van der Waals surface area contributed by atoms with Gasteiger partial charge in [-0.3, -0.25) is 4.79 Å². The normalized spacial score (nSPS) is 12.9. The van der Waals surface area contributed by atoms with Gasteiger partial charge in [-0.05, 0) is 30.7 Å². The van der Waals surface area contributed by atoms with E-state index in [0.717, 1.165) is 11.1 Å². The first-order chi connectivity index (χ1) is 10.7. The summed E-state index contributed by atoms with van der Waals surface area (Å²) >= 11 is 0. The Balaban J connectivity index is 1.87. The van der Waals surface area contributed by atoms with Crippen LogP contribution >= 0.6 is 0 Å². The average molecular weight is 297 g/mol. The molecular formula is C16H15N3O3. The number of fused-ring (bicyclic) bond motifs is 1. The smallest absolute Gasteiger partial charge is 0.338 e. The second-order valence-corrected chi connectivity index (χ2v) is 4.82. The van der Waals surface area contributed by atoms with Crippen molar-refractivity contribution < 1.29 is 14.3 Å². The van der Waals surface area contributed by atoms with Crippen molar-refractivity contribution in [3.05, 3.63) is 42.1 Å². The van der Waals surface area contributed by atoms with Crippen LogP contribution in [0.15, 0.2) is 36.5 Å². The number of benzene rings is 1. The molecule has 1 aliphatic heterocycles. The van der Waals surface area contributed by atoms with Gasteiger partial charge in [0.1, 0.15) is 5.82 Å². The standard InChI is InChI=1S/C16H15N3O3/c1-2-22-16(21)11-5-3-10(4-6-11)12-7-13-15(17-8-12)18-9-14(20)19-13/h3-8H,2,9H2,1H3,(H,17,18)(H,19,20).